The molecular formula is C21H17ClFN3O. The molecule has 2 heterocycles. The summed E-state index contributed by atoms with van der Waals surface area (Å²) in [7, 11) is 1.54. The Kier molecular flexibility index (Phi) is 5.52. The summed E-state index contributed by atoms with van der Waals surface area (Å²) in [5, 5.41) is 3.74. The van der Waals surface area contributed by atoms with Gasteiger partial charge in [-0.05, 0) is 30.3 Å². The summed E-state index contributed by atoms with van der Waals surface area (Å²) in [6.45, 7) is 7.69. The van der Waals surface area contributed by atoms with Gasteiger partial charge in [0, 0.05) is 40.4 Å². The second kappa shape index (κ2) is 8.01. The van der Waals surface area contributed by atoms with Crippen LogP contribution >= 0.6 is 11.6 Å². The van der Waals surface area contributed by atoms with Gasteiger partial charge in [-0.1, -0.05) is 30.8 Å². The van der Waals surface area contributed by atoms with Crippen LogP contribution in [0.1, 0.15) is 11.1 Å². The molecule has 1 aromatic carbocycles. The highest BCUT2D eigenvalue weighted by Crippen LogP contribution is 2.31. The molecule has 6 heteroatoms. The molecule has 0 amide bonds. The lowest BCUT2D eigenvalue weighted by atomic mass is 10.1. The molecule has 3 rings (SSSR count). The Labute approximate surface area is 162 Å². The Morgan fingerprint density at radius 2 is 2.04 bits per heavy atom. The third kappa shape index (κ3) is 3.99. The standard InChI is InChI=1S/C21H17ClFN3O/c1-4-14-11-25-21(16-9-15(22)5-6-18(16)23)10-20(14)26-19-7-8-24-12-17(19)13(2)27-3/h4-12H,1-2H2,3H3,(H,24,25,26). The zero-order valence-corrected chi connectivity index (χ0v) is 15.4. The van der Waals surface area contributed by atoms with Gasteiger partial charge in [-0.25, -0.2) is 4.39 Å². The number of methoxy groups -OCH3 is 1. The fourth-order valence-corrected chi connectivity index (χ4v) is 2.73. The first kappa shape index (κ1) is 18.6. The predicted molar refractivity (Wildman–Crippen MR) is 108 cm³/mol. The van der Waals surface area contributed by atoms with Crippen LogP contribution in [-0.4, -0.2) is 17.1 Å². The fourth-order valence-electron chi connectivity index (χ4n) is 2.56. The minimum absolute atomic E-state index is 0.317. The SMILES string of the molecule is C=Cc1cnc(-c2cc(Cl)ccc2F)cc1Nc1ccncc1C(=C)OC. The number of rotatable bonds is 6. The van der Waals surface area contributed by atoms with E-state index in [4.69, 9.17) is 16.3 Å². The quantitative estimate of drug-likeness (QED) is 0.537. The van der Waals surface area contributed by atoms with Crippen LogP contribution in [0, 0.1) is 5.82 Å². The molecule has 0 aliphatic rings. The Morgan fingerprint density at radius 3 is 2.78 bits per heavy atom. The van der Waals surface area contributed by atoms with Crippen molar-refractivity contribution >= 4 is 34.8 Å². The van der Waals surface area contributed by atoms with Gasteiger partial charge in [0.25, 0.3) is 0 Å². The minimum atomic E-state index is -0.401. The van der Waals surface area contributed by atoms with Crippen LogP contribution in [-0.2, 0) is 4.74 Å². The highest BCUT2D eigenvalue weighted by atomic mass is 35.5. The number of halogens is 2. The Balaban J connectivity index is 2.07. The summed E-state index contributed by atoms with van der Waals surface area (Å²) < 4.78 is 19.5. The molecule has 0 aliphatic heterocycles. The van der Waals surface area contributed by atoms with Crippen molar-refractivity contribution in [2.75, 3.05) is 12.4 Å². The molecule has 0 fully saturated rings. The molecule has 0 atom stereocenters. The number of pyridine rings is 2. The van der Waals surface area contributed by atoms with Gasteiger partial charge in [-0.15, -0.1) is 0 Å². The van der Waals surface area contributed by atoms with Gasteiger partial charge >= 0.3 is 0 Å². The van der Waals surface area contributed by atoms with E-state index in [2.05, 4.69) is 28.4 Å². The van der Waals surface area contributed by atoms with E-state index < -0.39 is 5.82 Å². The van der Waals surface area contributed by atoms with Crippen molar-refractivity contribution < 1.29 is 9.13 Å². The normalized spacial score (nSPS) is 10.3. The number of ether oxygens (including phenoxy) is 1. The van der Waals surface area contributed by atoms with Gasteiger partial charge in [0.05, 0.1) is 24.1 Å². The molecular weight excluding hydrogens is 365 g/mol. The Hall–Kier alpha value is -3.18. The van der Waals surface area contributed by atoms with E-state index in [1.54, 1.807) is 50.0 Å². The number of nitrogens with zero attached hydrogens (tertiary/aromatic N) is 2. The predicted octanol–water partition coefficient (Wildman–Crippen LogP) is 5.94. The maximum absolute atomic E-state index is 14.2. The maximum Gasteiger partial charge on any atom is 0.132 e. The third-order valence-electron chi connectivity index (χ3n) is 4.00. The van der Waals surface area contributed by atoms with Gasteiger partial charge in [-0.2, -0.15) is 0 Å². The molecule has 0 saturated carbocycles. The van der Waals surface area contributed by atoms with E-state index in [-0.39, 0.29) is 0 Å². The molecule has 1 N–H and O–H groups in total. The fraction of sp³-hybridized carbons (Fsp3) is 0.0476. The molecule has 4 nitrogen and oxygen atoms in total. The van der Waals surface area contributed by atoms with Crippen molar-refractivity contribution in [3.05, 3.63) is 84.0 Å². The molecule has 0 bridgehead atoms. The van der Waals surface area contributed by atoms with Crippen LogP contribution in [0.2, 0.25) is 5.02 Å². The highest BCUT2D eigenvalue weighted by Gasteiger charge is 2.12. The first-order valence-corrected chi connectivity index (χ1v) is 8.43. The number of nitrogens with one attached hydrogen (secondary N) is 1. The van der Waals surface area contributed by atoms with E-state index in [9.17, 15) is 4.39 Å². The molecule has 0 radical (unpaired) electrons. The van der Waals surface area contributed by atoms with Crippen molar-refractivity contribution in [1.82, 2.24) is 9.97 Å². The molecule has 3 aromatic rings. The summed E-state index contributed by atoms with van der Waals surface area (Å²) in [5.41, 5.74) is 3.67. The summed E-state index contributed by atoms with van der Waals surface area (Å²) in [6.07, 6.45) is 6.60. The van der Waals surface area contributed by atoms with Crippen molar-refractivity contribution in [2.24, 2.45) is 0 Å². The van der Waals surface area contributed by atoms with Gasteiger partial charge in [0.15, 0.2) is 0 Å². The molecule has 2 aromatic heterocycles. The Morgan fingerprint density at radius 1 is 1.22 bits per heavy atom. The monoisotopic (exact) mass is 381 g/mol. The number of aromatic nitrogens is 2. The van der Waals surface area contributed by atoms with E-state index in [0.29, 0.717) is 33.3 Å². The highest BCUT2D eigenvalue weighted by molar-refractivity contribution is 6.30. The number of hydrogen-bond donors (Lipinski definition) is 1. The topological polar surface area (TPSA) is 47.0 Å². The molecule has 27 heavy (non-hydrogen) atoms. The van der Waals surface area contributed by atoms with Crippen LogP contribution in [0.4, 0.5) is 15.8 Å². The van der Waals surface area contributed by atoms with Crippen molar-refractivity contribution in [2.45, 2.75) is 0 Å². The number of benzene rings is 1. The summed E-state index contributed by atoms with van der Waals surface area (Å²) in [4.78, 5) is 8.44. The first-order chi connectivity index (χ1) is 13.0. The molecule has 0 spiro atoms. The average molecular weight is 382 g/mol. The van der Waals surface area contributed by atoms with Crippen LogP contribution in [0.15, 0.2) is 62.1 Å². The van der Waals surface area contributed by atoms with Crippen molar-refractivity contribution in [3.8, 4) is 11.3 Å². The molecule has 0 unspecified atom stereocenters. The lowest BCUT2D eigenvalue weighted by Crippen LogP contribution is -2.00. The number of anilines is 2. The second-order valence-corrected chi connectivity index (χ2v) is 6.10. The molecule has 0 aliphatic carbocycles. The zero-order valence-electron chi connectivity index (χ0n) is 14.7. The summed E-state index contributed by atoms with van der Waals surface area (Å²) in [6, 6.07) is 7.90. The lowest BCUT2D eigenvalue weighted by molar-refractivity contribution is 0.371. The summed E-state index contributed by atoms with van der Waals surface area (Å²) >= 11 is 6.01. The van der Waals surface area contributed by atoms with E-state index in [1.807, 2.05) is 0 Å². The van der Waals surface area contributed by atoms with Gasteiger partial charge in [0.1, 0.15) is 11.6 Å². The van der Waals surface area contributed by atoms with E-state index >= 15 is 0 Å². The second-order valence-electron chi connectivity index (χ2n) is 5.66. The maximum atomic E-state index is 14.2. The van der Waals surface area contributed by atoms with Crippen molar-refractivity contribution in [1.29, 1.82) is 0 Å². The Bertz CT molecular complexity index is 1020. The third-order valence-corrected chi connectivity index (χ3v) is 4.23. The molecule has 136 valence electrons. The van der Waals surface area contributed by atoms with Gasteiger partial charge in [0.2, 0.25) is 0 Å². The van der Waals surface area contributed by atoms with Crippen LogP contribution in [0.5, 0.6) is 0 Å². The largest absolute Gasteiger partial charge is 0.497 e. The average Bonchev–Trinajstić information content (AvgIpc) is 2.69. The van der Waals surface area contributed by atoms with Crippen LogP contribution in [0.3, 0.4) is 0 Å². The summed E-state index contributed by atoms with van der Waals surface area (Å²) in [5.74, 6) is 0.0717. The lowest BCUT2D eigenvalue weighted by Gasteiger charge is -2.15. The van der Waals surface area contributed by atoms with Gasteiger partial charge < -0.3 is 10.1 Å². The van der Waals surface area contributed by atoms with Crippen LogP contribution in [0.25, 0.3) is 23.1 Å². The van der Waals surface area contributed by atoms with E-state index in [0.717, 1.165) is 11.3 Å². The zero-order chi connectivity index (χ0) is 19.4. The molecule has 0 saturated heterocycles. The van der Waals surface area contributed by atoms with Crippen molar-refractivity contribution in [3.63, 3.8) is 0 Å². The van der Waals surface area contributed by atoms with Gasteiger partial charge in [-0.3, -0.25) is 9.97 Å². The van der Waals surface area contributed by atoms with Crippen LogP contribution < -0.4 is 5.32 Å². The smallest absolute Gasteiger partial charge is 0.132 e. The minimum Gasteiger partial charge on any atom is -0.497 e. The van der Waals surface area contributed by atoms with E-state index in [1.165, 1.54) is 12.1 Å². The number of hydrogen-bond acceptors (Lipinski definition) is 4. The first-order valence-electron chi connectivity index (χ1n) is 8.05.